The van der Waals surface area contributed by atoms with Crippen LogP contribution in [0.2, 0.25) is 0 Å². The van der Waals surface area contributed by atoms with Gasteiger partial charge in [0, 0.05) is 20.0 Å². The average Bonchev–Trinajstić information content (AvgIpc) is 2.59. The third kappa shape index (κ3) is 4.96. The first kappa shape index (κ1) is 21.1. The van der Waals surface area contributed by atoms with Gasteiger partial charge in [0.1, 0.15) is 0 Å². The summed E-state index contributed by atoms with van der Waals surface area (Å²) < 4.78 is 27.8. The highest BCUT2D eigenvalue weighted by Crippen LogP contribution is 2.31. The molecule has 0 aromatic heterocycles. The highest BCUT2D eigenvalue weighted by molar-refractivity contribution is 7.89. The lowest BCUT2D eigenvalue weighted by Crippen LogP contribution is -2.38. The average molecular weight is 389 g/mol. The molecule has 0 aliphatic rings. The van der Waals surface area contributed by atoms with Crippen LogP contribution in [-0.4, -0.2) is 27.4 Å². The Morgan fingerprint density at radius 2 is 1.67 bits per heavy atom. The van der Waals surface area contributed by atoms with Gasteiger partial charge in [0.2, 0.25) is 15.9 Å². The van der Waals surface area contributed by atoms with Gasteiger partial charge >= 0.3 is 0 Å². The molecule has 6 heteroatoms. The molecule has 1 N–H and O–H groups in total. The van der Waals surface area contributed by atoms with Crippen LogP contribution in [-0.2, 0) is 14.8 Å². The minimum absolute atomic E-state index is 0.110. The predicted octanol–water partition coefficient (Wildman–Crippen LogP) is 3.76. The van der Waals surface area contributed by atoms with Gasteiger partial charge < -0.3 is 4.90 Å². The van der Waals surface area contributed by atoms with Crippen LogP contribution in [0.15, 0.2) is 47.4 Å². The molecule has 0 atom stereocenters. The molecule has 0 bridgehead atoms. The zero-order chi connectivity index (χ0) is 20.2. The molecule has 2 aromatic rings. The Morgan fingerprint density at radius 3 is 2.26 bits per heavy atom. The van der Waals surface area contributed by atoms with Crippen LogP contribution in [0.25, 0.3) is 0 Å². The third-order valence-electron chi connectivity index (χ3n) is 4.55. The van der Waals surface area contributed by atoms with Crippen molar-refractivity contribution < 1.29 is 13.2 Å². The fraction of sp³-hybridized carbons (Fsp3) is 0.381. The number of hydrogen-bond acceptors (Lipinski definition) is 3. The van der Waals surface area contributed by atoms with Gasteiger partial charge in [0.25, 0.3) is 0 Å². The van der Waals surface area contributed by atoms with E-state index in [0.29, 0.717) is 5.56 Å². The van der Waals surface area contributed by atoms with Crippen LogP contribution in [0.5, 0.6) is 0 Å². The Balaban J connectivity index is 2.22. The summed E-state index contributed by atoms with van der Waals surface area (Å²) in [7, 11) is -3.62. The summed E-state index contributed by atoms with van der Waals surface area (Å²) in [5, 5.41) is 0. The Hall–Kier alpha value is -2.18. The second kappa shape index (κ2) is 8.67. The summed E-state index contributed by atoms with van der Waals surface area (Å²) in [6.45, 7) is 9.81. The van der Waals surface area contributed by atoms with Crippen LogP contribution in [0, 0.1) is 13.8 Å². The molecule has 0 saturated carbocycles. The van der Waals surface area contributed by atoms with E-state index >= 15 is 0 Å². The molecule has 2 rings (SSSR count). The van der Waals surface area contributed by atoms with Gasteiger partial charge in [-0.3, -0.25) is 4.79 Å². The molecule has 1 amide bonds. The summed E-state index contributed by atoms with van der Waals surface area (Å²) in [4.78, 5) is 14.2. The van der Waals surface area contributed by atoms with E-state index in [9.17, 15) is 13.2 Å². The molecular formula is C21H28N2O3S. The number of amides is 1. The number of hydrogen-bond donors (Lipinski definition) is 1. The molecule has 27 heavy (non-hydrogen) atoms. The molecule has 5 nitrogen and oxygen atoms in total. The predicted molar refractivity (Wildman–Crippen MR) is 110 cm³/mol. The lowest BCUT2D eigenvalue weighted by Gasteiger charge is -2.27. The molecular weight excluding hydrogens is 360 g/mol. The largest absolute Gasteiger partial charge is 0.311 e. The highest BCUT2D eigenvalue weighted by Gasteiger charge is 2.21. The minimum atomic E-state index is -3.62. The van der Waals surface area contributed by atoms with E-state index in [1.54, 1.807) is 36.1 Å². The first-order chi connectivity index (χ1) is 12.6. The quantitative estimate of drug-likeness (QED) is 0.785. The van der Waals surface area contributed by atoms with Crippen molar-refractivity contribution in [2.75, 3.05) is 18.0 Å². The minimum Gasteiger partial charge on any atom is -0.311 e. The van der Waals surface area contributed by atoms with Crippen molar-refractivity contribution in [3.8, 4) is 0 Å². The molecule has 0 fully saturated rings. The number of carbonyl (C=O) groups excluding carboxylic acids is 1. The maximum Gasteiger partial charge on any atom is 0.240 e. The lowest BCUT2D eigenvalue weighted by atomic mass is 9.97. The summed E-state index contributed by atoms with van der Waals surface area (Å²) in [6.07, 6.45) is 0. The first-order valence-corrected chi connectivity index (χ1v) is 10.6. The van der Waals surface area contributed by atoms with E-state index in [1.165, 1.54) is 6.92 Å². The number of carbonyl (C=O) groups is 1. The van der Waals surface area contributed by atoms with Crippen molar-refractivity contribution in [1.29, 1.82) is 0 Å². The van der Waals surface area contributed by atoms with Gasteiger partial charge in [-0.25, -0.2) is 13.1 Å². The summed E-state index contributed by atoms with van der Waals surface area (Å²) in [5.41, 5.74) is 3.63. The van der Waals surface area contributed by atoms with E-state index < -0.39 is 10.0 Å². The molecule has 0 unspecified atom stereocenters. The van der Waals surface area contributed by atoms with Gasteiger partial charge in [0.05, 0.1) is 10.6 Å². The Kier molecular flexibility index (Phi) is 6.78. The Labute approximate surface area is 162 Å². The van der Waals surface area contributed by atoms with Crippen LogP contribution >= 0.6 is 0 Å². The number of rotatable bonds is 7. The number of nitrogens with one attached hydrogen (secondary N) is 1. The fourth-order valence-corrected chi connectivity index (χ4v) is 4.44. The van der Waals surface area contributed by atoms with Gasteiger partial charge in [0.15, 0.2) is 0 Å². The highest BCUT2D eigenvalue weighted by atomic mass is 32.2. The van der Waals surface area contributed by atoms with Gasteiger partial charge in [-0.1, -0.05) is 50.2 Å². The van der Waals surface area contributed by atoms with E-state index in [0.717, 1.165) is 16.8 Å². The molecule has 0 aliphatic heterocycles. The standard InChI is InChI=1S/C21H28N2O3S/c1-15(2)19-11-8-10-17(4)21(19)23(18(5)24)14-13-22-27(25,26)20-12-7-6-9-16(20)3/h6-12,15,22H,13-14H2,1-5H3. The Bertz CT molecular complexity index is 921. The summed E-state index contributed by atoms with van der Waals surface area (Å²) >= 11 is 0. The van der Waals surface area contributed by atoms with Crippen molar-refractivity contribution in [2.24, 2.45) is 0 Å². The molecule has 0 aliphatic carbocycles. The zero-order valence-corrected chi connectivity index (χ0v) is 17.4. The van der Waals surface area contributed by atoms with Crippen LogP contribution in [0.3, 0.4) is 0 Å². The second-order valence-corrected chi connectivity index (χ2v) is 8.74. The van der Waals surface area contributed by atoms with E-state index in [4.69, 9.17) is 0 Å². The number of benzene rings is 2. The first-order valence-electron chi connectivity index (χ1n) is 9.08. The molecule has 2 aromatic carbocycles. The number of anilines is 1. The van der Waals surface area contributed by atoms with Crippen molar-refractivity contribution in [1.82, 2.24) is 4.72 Å². The zero-order valence-electron chi connectivity index (χ0n) is 16.6. The van der Waals surface area contributed by atoms with Gasteiger partial charge in [-0.2, -0.15) is 0 Å². The monoisotopic (exact) mass is 388 g/mol. The van der Waals surface area contributed by atoms with Crippen molar-refractivity contribution >= 4 is 21.6 Å². The number of aryl methyl sites for hydroxylation is 2. The SMILES string of the molecule is CC(=O)N(CCNS(=O)(=O)c1ccccc1C)c1c(C)cccc1C(C)C. The molecule has 146 valence electrons. The summed E-state index contributed by atoms with van der Waals surface area (Å²) in [5.74, 6) is 0.145. The van der Waals surface area contributed by atoms with Crippen molar-refractivity contribution in [2.45, 2.75) is 45.4 Å². The van der Waals surface area contributed by atoms with Crippen LogP contribution in [0.1, 0.15) is 43.4 Å². The number of nitrogens with zero attached hydrogens (tertiary/aromatic N) is 1. The molecule has 0 spiro atoms. The normalized spacial score (nSPS) is 11.6. The van der Waals surface area contributed by atoms with Crippen molar-refractivity contribution in [3.63, 3.8) is 0 Å². The molecule has 0 radical (unpaired) electrons. The van der Waals surface area contributed by atoms with Gasteiger partial charge in [-0.05, 0) is 42.5 Å². The third-order valence-corrected chi connectivity index (χ3v) is 6.17. The van der Waals surface area contributed by atoms with Gasteiger partial charge in [-0.15, -0.1) is 0 Å². The fourth-order valence-electron chi connectivity index (χ4n) is 3.17. The molecule has 0 heterocycles. The van der Waals surface area contributed by atoms with E-state index in [2.05, 4.69) is 18.6 Å². The lowest BCUT2D eigenvalue weighted by molar-refractivity contribution is -0.116. The van der Waals surface area contributed by atoms with E-state index in [1.807, 2.05) is 25.1 Å². The smallest absolute Gasteiger partial charge is 0.240 e. The topological polar surface area (TPSA) is 66.5 Å². The summed E-state index contributed by atoms with van der Waals surface area (Å²) in [6, 6.07) is 12.8. The maximum atomic E-state index is 12.6. The second-order valence-electron chi connectivity index (χ2n) is 7.00. The van der Waals surface area contributed by atoms with Crippen LogP contribution in [0.4, 0.5) is 5.69 Å². The Morgan fingerprint density at radius 1 is 1.04 bits per heavy atom. The number of sulfonamides is 1. The molecule has 0 saturated heterocycles. The van der Waals surface area contributed by atoms with Crippen LogP contribution < -0.4 is 9.62 Å². The van der Waals surface area contributed by atoms with E-state index in [-0.39, 0.29) is 29.8 Å². The maximum absolute atomic E-state index is 12.6. The number of para-hydroxylation sites is 1. The van der Waals surface area contributed by atoms with Crippen molar-refractivity contribution in [3.05, 3.63) is 59.2 Å².